The number of carbonyl (C=O) groups excluding carboxylic acids is 1. The molecule has 1 aliphatic rings. The molecular formula is C17H17N5O4. The van der Waals surface area contributed by atoms with E-state index in [4.69, 9.17) is 0 Å². The Hall–Kier alpha value is -3.20. The molecule has 0 fully saturated rings. The van der Waals surface area contributed by atoms with Crippen LogP contribution in [-0.2, 0) is 13.1 Å². The maximum Gasteiger partial charge on any atom is 0.270 e. The van der Waals surface area contributed by atoms with Crippen LogP contribution in [0.3, 0.4) is 0 Å². The molecule has 134 valence electrons. The molecule has 3 aromatic rings. The molecule has 2 N–H and O–H groups in total. The largest absolute Gasteiger partial charge is 0.504 e. The summed E-state index contributed by atoms with van der Waals surface area (Å²) in [5.74, 6) is -0.553. The number of aliphatic hydroxyl groups excluding tert-OH is 1. The van der Waals surface area contributed by atoms with Crippen LogP contribution >= 0.6 is 0 Å². The predicted molar refractivity (Wildman–Crippen MR) is 90.7 cm³/mol. The highest BCUT2D eigenvalue weighted by Gasteiger charge is 2.26. The van der Waals surface area contributed by atoms with Gasteiger partial charge in [-0.1, -0.05) is 0 Å². The molecule has 1 atom stereocenters. The van der Waals surface area contributed by atoms with E-state index in [0.717, 1.165) is 10.1 Å². The first kappa shape index (κ1) is 16.3. The zero-order valence-corrected chi connectivity index (χ0v) is 14.0. The quantitative estimate of drug-likeness (QED) is 0.684. The number of aromatic nitrogens is 4. The average molecular weight is 355 g/mol. The van der Waals surface area contributed by atoms with Gasteiger partial charge in [-0.25, -0.2) is 4.98 Å². The van der Waals surface area contributed by atoms with E-state index in [2.05, 4.69) is 10.1 Å². The number of amides is 1. The summed E-state index contributed by atoms with van der Waals surface area (Å²) >= 11 is 0. The number of aromatic hydroxyl groups is 1. The summed E-state index contributed by atoms with van der Waals surface area (Å²) in [6.07, 6.45) is 1.98. The van der Waals surface area contributed by atoms with Gasteiger partial charge in [0.15, 0.2) is 11.4 Å². The minimum Gasteiger partial charge on any atom is -0.504 e. The minimum atomic E-state index is -0.681. The van der Waals surface area contributed by atoms with Gasteiger partial charge in [-0.2, -0.15) is 5.10 Å². The Bertz CT molecular complexity index is 1070. The van der Waals surface area contributed by atoms with Crippen LogP contribution in [0.1, 0.15) is 34.8 Å². The first-order valence-electron chi connectivity index (χ1n) is 8.19. The van der Waals surface area contributed by atoms with E-state index >= 15 is 0 Å². The summed E-state index contributed by atoms with van der Waals surface area (Å²) in [4.78, 5) is 31.0. The number of carbonyl (C=O) groups is 1. The molecule has 0 bridgehead atoms. The van der Waals surface area contributed by atoms with Crippen molar-refractivity contribution in [1.29, 1.82) is 0 Å². The summed E-state index contributed by atoms with van der Waals surface area (Å²) in [6.45, 7) is 2.81. The van der Waals surface area contributed by atoms with Gasteiger partial charge >= 0.3 is 0 Å². The van der Waals surface area contributed by atoms with Crippen LogP contribution in [0.4, 0.5) is 0 Å². The lowest BCUT2D eigenvalue weighted by Crippen LogP contribution is -2.41. The highest BCUT2D eigenvalue weighted by Crippen LogP contribution is 2.19. The summed E-state index contributed by atoms with van der Waals surface area (Å²) in [6, 6.07) is 4.69. The molecule has 4 heterocycles. The summed E-state index contributed by atoms with van der Waals surface area (Å²) in [5.41, 5.74) is 0.869. The average Bonchev–Trinajstić information content (AvgIpc) is 3.06. The monoisotopic (exact) mass is 355 g/mol. The Morgan fingerprint density at radius 2 is 2.15 bits per heavy atom. The predicted octanol–water partition coefficient (Wildman–Crippen LogP) is 0.306. The number of rotatable bonds is 2. The Morgan fingerprint density at radius 1 is 1.35 bits per heavy atom. The summed E-state index contributed by atoms with van der Waals surface area (Å²) in [5, 5.41) is 23.7. The topological polar surface area (TPSA) is 113 Å². The molecule has 26 heavy (non-hydrogen) atoms. The van der Waals surface area contributed by atoms with Crippen molar-refractivity contribution in [3.05, 3.63) is 57.9 Å². The molecule has 0 aromatic carbocycles. The van der Waals surface area contributed by atoms with Crippen LogP contribution in [0.25, 0.3) is 5.65 Å². The smallest absolute Gasteiger partial charge is 0.270 e. The lowest BCUT2D eigenvalue weighted by atomic mass is 10.2. The highest BCUT2D eigenvalue weighted by molar-refractivity contribution is 5.93. The van der Waals surface area contributed by atoms with E-state index in [9.17, 15) is 19.8 Å². The molecule has 0 aliphatic carbocycles. The Kier molecular flexibility index (Phi) is 3.73. The first-order chi connectivity index (χ1) is 12.5. The normalized spacial score (nSPS) is 15.1. The van der Waals surface area contributed by atoms with Gasteiger partial charge in [-0.15, -0.1) is 0 Å². The molecule has 9 heteroatoms. The molecule has 0 radical (unpaired) electrons. The molecule has 3 aromatic heterocycles. The fraction of sp³-hybridized carbons (Fsp3) is 0.294. The lowest BCUT2D eigenvalue weighted by molar-refractivity contribution is 0.0703. The first-order valence-corrected chi connectivity index (χ1v) is 8.19. The number of nitrogens with zero attached hydrogens (tertiary/aromatic N) is 5. The van der Waals surface area contributed by atoms with Crippen molar-refractivity contribution < 1.29 is 15.0 Å². The van der Waals surface area contributed by atoms with Crippen molar-refractivity contribution >= 4 is 11.6 Å². The van der Waals surface area contributed by atoms with Crippen molar-refractivity contribution in [1.82, 2.24) is 24.1 Å². The van der Waals surface area contributed by atoms with Gasteiger partial charge in [0, 0.05) is 18.9 Å². The maximum absolute atomic E-state index is 12.8. The number of pyridine rings is 1. The van der Waals surface area contributed by atoms with Gasteiger partial charge < -0.3 is 15.1 Å². The third kappa shape index (κ3) is 2.53. The van der Waals surface area contributed by atoms with Crippen LogP contribution in [0, 0.1) is 0 Å². The third-order valence-electron chi connectivity index (χ3n) is 4.47. The SMILES string of the molecule is CC(O)c1cc2n(n1)CCN(C(=O)c1cnc3c(O)cccn3c1=O)C2. The minimum absolute atomic E-state index is 0.0585. The second-order valence-corrected chi connectivity index (χ2v) is 6.25. The van der Waals surface area contributed by atoms with Crippen LogP contribution in [0.15, 0.2) is 35.4 Å². The van der Waals surface area contributed by atoms with Gasteiger partial charge in [0.2, 0.25) is 0 Å². The van der Waals surface area contributed by atoms with E-state index in [1.165, 1.54) is 24.5 Å². The number of fused-ring (bicyclic) bond motifs is 2. The van der Waals surface area contributed by atoms with Gasteiger partial charge in [0.25, 0.3) is 11.5 Å². The van der Waals surface area contributed by atoms with Crippen molar-refractivity contribution in [2.75, 3.05) is 6.54 Å². The van der Waals surface area contributed by atoms with Crippen LogP contribution in [-0.4, -0.2) is 46.7 Å². The summed E-state index contributed by atoms with van der Waals surface area (Å²) in [7, 11) is 0. The summed E-state index contributed by atoms with van der Waals surface area (Å²) < 4.78 is 2.91. The Labute approximate surface area is 147 Å². The molecule has 0 saturated heterocycles. The third-order valence-corrected chi connectivity index (χ3v) is 4.47. The number of hydrogen-bond acceptors (Lipinski definition) is 6. The fourth-order valence-electron chi connectivity index (χ4n) is 3.07. The number of aliphatic hydroxyl groups is 1. The second kappa shape index (κ2) is 5.95. The van der Waals surface area contributed by atoms with E-state index < -0.39 is 17.6 Å². The highest BCUT2D eigenvalue weighted by atomic mass is 16.3. The molecule has 9 nitrogen and oxygen atoms in total. The lowest BCUT2D eigenvalue weighted by Gasteiger charge is -2.27. The van der Waals surface area contributed by atoms with Crippen LogP contribution in [0.2, 0.25) is 0 Å². The molecule has 4 rings (SSSR count). The van der Waals surface area contributed by atoms with Gasteiger partial charge in [-0.3, -0.25) is 18.7 Å². The van der Waals surface area contributed by atoms with Gasteiger partial charge in [-0.05, 0) is 25.1 Å². The standard InChI is InChI=1S/C17H17N5O4/c1-10(23)13-7-11-9-20(5-6-22(11)19-13)16(25)12-8-18-15-14(24)3-2-4-21(15)17(12)26/h2-4,7-8,10,23-24H,5-6,9H2,1H3. The molecule has 0 spiro atoms. The van der Waals surface area contributed by atoms with Gasteiger partial charge in [0.1, 0.15) is 5.56 Å². The van der Waals surface area contributed by atoms with Crippen molar-refractivity contribution in [3.8, 4) is 5.75 Å². The van der Waals surface area contributed by atoms with E-state index in [-0.39, 0.29) is 17.0 Å². The molecule has 1 amide bonds. The molecular weight excluding hydrogens is 338 g/mol. The molecule has 1 unspecified atom stereocenters. The van der Waals surface area contributed by atoms with E-state index in [0.29, 0.717) is 25.3 Å². The maximum atomic E-state index is 12.8. The number of hydrogen-bond donors (Lipinski definition) is 2. The van der Waals surface area contributed by atoms with E-state index in [1.807, 2.05) is 0 Å². The van der Waals surface area contributed by atoms with E-state index in [1.54, 1.807) is 22.6 Å². The fourth-order valence-corrected chi connectivity index (χ4v) is 3.07. The second-order valence-electron chi connectivity index (χ2n) is 6.25. The molecule has 1 aliphatic heterocycles. The van der Waals surface area contributed by atoms with Crippen LogP contribution < -0.4 is 5.56 Å². The Morgan fingerprint density at radius 3 is 2.92 bits per heavy atom. The van der Waals surface area contributed by atoms with Crippen molar-refractivity contribution in [3.63, 3.8) is 0 Å². The van der Waals surface area contributed by atoms with Crippen molar-refractivity contribution in [2.45, 2.75) is 26.1 Å². The zero-order valence-electron chi connectivity index (χ0n) is 14.0. The molecule has 0 saturated carbocycles. The van der Waals surface area contributed by atoms with Gasteiger partial charge in [0.05, 0.1) is 30.6 Å². The van der Waals surface area contributed by atoms with Crippen molar-refractivity contribution in [2.24, 2.45) is 0 Å². The van der Waals surface area contributed by atoms with Crippen LogP contribution in [0.5, 0.6) is 5.75 Å². The Balaban J connectivity index is 1.67. The zero-order chi connectivity index (χ0) is 18.4.